The first kappa shape index (κ1) is 17.7. The van der Waals surface area contributed by atoms with Crippen molar-refractivity contribution in [2.24, 2.45) is 0 Å². The highest BCUT2D eigenvalue weighted by atomic mass is 35.5. The van der Waals surface area contributed by atoms with Crippen LogP contribution in [0.1, 0.15) is 27.4 Å². The predicted molar refractivity (Wildman–Crippen MR) is 102 cm³/mol. The molecule has 3 rings (SSSR count). The first-order valence-electron chi connectivity index (χ1n) is 8.11. The second kappa shape index (κ2) is 8.32. The average molecular weight is 365 g/mol. The predicted octanol–water partition coefficient (Wildman–Crippen LogP) is 3.93. The number of amides is 2. The van der Waals surface area contributed by atoms with Gasteiger partial charge in [-0.05, 0) is 29.3 Å². The number of hydrogen-bond donors (Lipinski definition) is 2. The molecule has 0 saturated carbocycles. The van der Waals surface area contributed by atoms with Crippen LogP contribution < -0.4 is 10.9 Å². The highest BCUT2D eigenvalue weighted by Crippen LogP contribution is 2.24. The van der Waals surface area contributed by atoms with Gasteiger partial charge in [-0.25, -0.2) is 0 Å². The fraction of sp³-hybridized carbons (Fsp3) is 0.0476. The molecule has 0 unspecified atom stereocenters. The lowest BCUT2D eigenvalue weighted by molar-refractivity contribution is -0.122. The molecule has 4 nitrogen and oxygen atoms in total. The second-order valence-electron chi connectivity index (χ2n) is 5.71. The Kier molecular flexibility index (Phi) is 5.66. The van der Waals surface area contributed by atoms with Gasteiger partial charge in [0.05, 0.1) is 5.92 Å². The molecule has 2 N–H and O–H groups in total. The van der Waals surface area contributed by atoms with E-state index in [2.05, 4.69) is 10.9 Å². The summed E-state index contributed by atoms with van der Waals surface area (Å²) in [6, 6.07) is 25.4. The van der Waals surface area contributed by atoms with Crippen molar-refractivity contribution in [1.29, 1.82) is 0 Å². The molecule has 0 aliphatic rings. The molecule has 3 aromatic rings. The Morgan fingerprint density at radius 1 is 0.731 bits per heavy atom. The van der Waals surface area contributed by atoms with E-state index in [0.29, 0.717) is 10.6 Å². The third kappa shape index (κ3) is 4.29. The van der Waals surface area contributed by atoms with Crippen LogP contribution in [-0.4, -0.2) is 11.8 Å². The summed E-state index contributed by atoms with van der Waals surface area (Å²) in [6.07, 6.45) is 0. The zero-order chi connectivity index (χ0) is 18.4. The fourth-order valence-electron chi connectivity index (χ4n) is 2.68. The molecular formula is C21H17ClN2O2. The molecule has 26 heavy (non-hydrogen) atoms. The van der Waals surface area contributed by atoms with Gasteiger partial charge in [0, 0.05) is 10.6 Å². The highest BCUT2D eigenvalue weighted by Gasteiger charge is 2.23. The van der Waals surface area contributed by atoms with Crippen molar-refractivity contribution < 1.29 is 9.59 Å². The van der Waals surface area contributed by atoms with E-state index in [1.54, 1.807) is 18.2 Å². The molecule has 0 saturated heterocycles. The number of carbonyl (C=O) groups excluding carboxylic acids is 2. The molecule has 130 valence electrons. The maximum absolute atomic E-state index is 12.8. The SMILES string of the molecule is O=C(NNC(=O)C(c1ccccc1)c1ccccc1)c1cccc(Cl)c1. The van der Waals surface area contributed by atoms with Crippen LogP contribution in [0.25, 0.3) is 0 Å². The number of carbonyl (C=O) groups is 2. The largest absolute Gasteiger partial charge is 0.272 e. The number of nitrogens with one attached hydrogen (secondary N) is 2. The molecule has 5 heteroatoms. The Hall–Kier alpha value is -3.11. The topological polar surface area (TPSA) is 58.2 Å². The summed E-state index contributed by atoms with van der Waals surface area (Å²) in [4.78, 5) is 25.0. The minimum atomic E-state index is -0.530. The van der Waals surface area contributed by atoms with E-state index >= 15 is 0 Å². The van der Waals surface area contributed by atoms with Crippen LogP contribution in [0.5, 0.6) is 0 Å². The average Bonchev–Trinajstić information content (AvgIpc) is 2.68. The van der Waals surface area contributed by atoms with Gasteiger partial charge < -0.3 is 0 Å². The zero-order valence-corrected chi connectivity index (χ0v) is 14.6. The van der Waals surface area contributed by atoms with Gasteiger partial charge in [-0.1, -0.05) is 78.3 Å². The molecule has 3 aromatic carbocycles. The van der Waals surface area contributed by atoms with Crippen molar-refractivity contribution in [1.82, 2.24) is 10.9 Å². The summed E-state index contributed by atoms with van der Waals surface area (Å²) in [7, 11) is 0. The van der Waals surface area contributed by atoms with E-state index in [0.717, 1.165) is 11.1 Å². The van der Waals surface area contributed by atoms with Crippen LogP contribution in [0.2, 0.25) is 5.02 Å². The molecule has 0 aliphatic heterocycles. The van der Waals surface area contributed by atoms with E-state index in [4.69, 9.17) is 11.6 Å². The highest BCUT2D eigenvalue weighted by molar-refractivity contribution is 6.30. The van der Waals surface area contributed by atoms with Crippen LogP contribution in [0, 0.1) is 0 Å². The summed E-state index contributed by atoms with van der Waals surface area (Å²) in [5.41, 5.74) is 7.02. The summed E-state index contributed by atoms with van der Waals surface area (Å²) in [6.45, 7) is 0. The molecule has 0 aromatic heterocycles. The molecule has 0 bridgehead atoms. The molecule has 2 amide bonds. The van der Waals surface area contributed by atoms with E-state index in [1.807, 2.05) is 60.7 Å². The Balaban J connectivity index is 1.77. The molecule has 0 heterocycles. The number of benzene rings is 3. The number of hydrazine groups is 1. The number of hydrogen-bond acceptors (Lipinski definition) is 2. The fourth-order valence-corrected chi connectivity index (χ4v) is 2.87. The van der Waals surface area contributed by atoms with Gasteiger partial charge in [-0.2, -0.15) is 0 Å². The van der Waals surface area contributed by atoms with Gasteiger partial charge in [0.2, 0.25) is 5.91 Å². The van der Waals surface area contributed by atoms with Crippen molar-refractivity contribution in [3.63, 3.8) is 0 Å². The molecule has 0 fully saturated rings. The van der Waals surface area contributed by atoms with E-state index in [-0.39, 0.29) is 5.91 Å². The Labute approximate surface area is 156 Å². The van der Waals surface area contributed by atoms with Gasteiger partial charge in [-0.15, -0.1) is 0 Å². The van der Waals surface area contributed by atoms with Gasteiger partial charge in [0.1, 0.15) is 0 Å². The van der Waals surface area contributed by atoms with Crippen LogP contribution in [0.15, 0.2) is 84.9 Å². The van der Waals surface area contributed by atoms with Gasteiger partial charge in [-0.3, -0.25) is 20.4 Å². The Morgan fingerprint density at radius 3 is 1.85 bits per heavy atom. The monoisotopic (exact) mass is 364 g/mol. The van der Waals surface area contributed by atoms with Crippen LogP contribution in [-0.2, 0) is 4.79 Å². The first-order chi connectivity index (χ1) is 12.6. The minimum absolute atomic E-state index is 0.322. The lowest BCUT2D eigenvalue weighted by Gasteiger charge is -2.18. The summed E-state index contributed by atoms with van der Waals surface area (Å²) in [5, 5.41) is 0.454. The first-order valence-corrected chi connectivity index (χ1v) is 8.48. The van der Waals surface area contributed by atoms with E-state index < -0.39 is 11.8 Å². The molecule has 0 aliphatic carbocycles. The molecule has 0 spiro atoms. The van der Waals surface area contributed by atoms with Crippen molar-refractivity contribution in [2.45, 2.75) is 5.92 Å². The summed E-state index contributed by atoms with van der Waals surface area (Å²) >= 11 is 5.89. The van der Waals surface area contributed by atoms with Crippen molar-refractivity contribution in [3.8, 4) is 0 Å². The van der Waals surface area contributed by atoms with E-state index in [9.17, 15) is 9.59 Å². The van der Waals surface area contributed by atoms with Crippen LogP contribution >= 0.6 is 11.6 Å². The Morgan fingerprint density at radius 2 is 1.31 bits per heavy atom. The third-order valence-electron chi connectivity index (χ3n) is 3.91. The third-order valence-corrected chi connectivity index (χ3v) is 4.15. The van der Waals surface area contributed by atoms with Crippen molar-refractivity contribution in [2.75, 3.05) is 0 Å². The maximum Gasteiger partial charge on any atom is 0.269 e. The van der Waals surface area contributed by atoms with Crippen molar-refractivity contribution >= 4 is 23.4 Å². The summed E-state index contributed by atoms with van der Waals surface area (Å²) in [5.74, 6) is -1.28. The quantitative estimate of drug-likeness (QED) is 0.689. The molecule has 0 atom stereocenters. The van der Waals surface area contributed by atoms with Crippen molar-refractivity contribution in [3.05, 3.63) is 107 Å². The van der Waals surface area contributed by atoms with Crippen LogP contribution in [0.4, 0.5) is 0 Å². The second-order valence-corrected chi connectivity index (χ2v) is 6.14. The van der Waals surface area contributed by atoms with Gasteiger partial charge in [0.15, 0.2) is 0 Å². The lowest BCUT2D eigenvalue weighted by Crippen LogP contribution is -2.44. The van der Waals surface area contributed by atoms with Gasteiger partial charge >= 0.3 is 0 Å². The number of rotatable bonds is 4. The van der Waals surface area contributed by atoms with E-state index in [1.165, 1.54) is 6.07 Å². The van der Waals surface area contributed by atoms with Crippen LogP contribution in [0.3, 0.4) is 0 Å². The number of halogens is 1. The normalized spacial score (nSPS) is 10.4. The molecular weight excluding hydrogens is 348 g/mol. The zero-order valence-electron chi connectivity index (χ0n) is 13.9. The molecule has 0 radical (unpaired) electrons. The summed E-state index contributed by atoms with van der Waals surface area (Å²) < 4.78 is 0. The smallest absolute Gasteiger partial charge is 0.269 e. The minimum Gasteiger partial charge on any atom is -0.272 e. The Bertz CT molecular complexity index is 859. The standard InChI is InChI=1S/C21H17ClN2O2/c22-18-13-7-12-17(14-18)20(25)23-24-21(26)19(15-8-3-1-4-9-15)16-10-5-2-6-11-16/h1-14,19H,(H,23,25)(H,24,26). The van der Waals surface area contributed by atoms with Gasteiger partial charge in [0.25, 0.3) is 5.91 Å². The lowest BCUT2D eigenvalue weighted by atomic mass is 9.91. The maximum atomic E-state index is 12.8.